The summed E-state index contributed by atoms with van der Waals surface area (Å²) in [5, 5.41) is 0. The van der Waals surface area contributed by atoms with Gasteiger partial charge in [0.2, 0.25) is 0 Å². The van der Waals surface area contributed by atoms with Crippen LogP contribution in [0.5, 0.6) is 0 Å². The molecule has 12 heteroatoms. The van der Waals surface area contributed by atoms with Crippen molar-refractivity contribution < 1.29 is 79.9 Å². The Morgan fingerprint density at radius 1 is 0.750 bits per heavy atom. The van der Waals surface area contributed by atoms with Gasteiger partial charge in [-0.2, -0.15) is 8.42 Å². The van der Waals surface area contributed by atoms with Crippen molar-refractivity contribution >= 4 is 10.4 Å². The molecule has 0 fully saturated rings. The fraction of sp³-hybridized carbons (Fsp3) is 0. The minimum atomic E-state index is -4.67. The van der Waals surface area contributed by atoms with E-state index >= 15 is 0 Å². The molecule has 0 spiro atoms. The van der Waals surface area contributed by atoms with Crippen molar-refractivity contribution in [1.82, 2.24) is 0 Å². The molecule has 0 saturated heterocycles. The van der Waals surface area contributed by atoms with E-state index in [2.05, 4.69) is 0 Å². The van der Waals surface area contributed by atoms with Gasteiger partial charge in [0.25, 0.3) is 0 Å². The van der Waals surface area contributed by atoms with Crippen LogP contribution in [0, 0.1) is 0 Å². The van der Waals surface area contributed by atoms with Crippen molar-refractivity contribution in [2.45, 2.75) is 0 Å². The minimum Gasteiger partial charge on any atom is -0.870 e. The summed E-state index contributed by atoms with van der Waals surface area (Å²) in [6.45, 7) is 0. The van der Waals surface area contributed by atoms with Gasteiger partial charge in [-0.05, 0) is 0 Å². The molecule has 10 nitrogen and oxygen atoms in total. The second-order valence-electron chi connectivity index (χ2n) is 0.448. The molecule has 0 aromatic rings. The Balaban J connectivity index is -0.00000000381. The van der Waals surface area contributed by atoms with Gasteiger partial charge < -0.3 is 32.9 Å². The smallest absolute Gasteiger partial charge is 0.870 e. The first-order chi connectivity index (χ1) is 2.00. The quantitative estimate of drug-likeness (QED) is 0.301. The Kier molecular flexibility index (Phi) is 199. The first kappa shape index (κ1) is 79.7. The molecule has 0 saturated carbocycles. The van der Waals surface area contributed by atoms with Gasteiger partial charge in [-0.25, -0.2) is 0 Å². The van der Waals surface area contributed by atoms with Gasteiger partial charge in [0.05, 0.1) is 0 Å². The summed E-state index contributed by atoms with van der Waals surface area (Å²) in [6.07, 6.45) is 0. The Morgan fingerprint density at radius 3 is 0.750 bits per heavy atom. The maximum Gasteiger partial charge on any atom is 1.00 e. The molecular formula is H13NaO10S. The van der Waals surface area contributed by atoms with Crippen molar-refractivity contribution in [1.29, 1.82) is 0 Å². The number of hydrogen-bond acceptors (Lipinski definition) is 3. The molecule has 0 aromatic carbocycles. The predicted octanol–water partition coefficient (Wildman–Crippen LogP) is -7.95. The average Bonchev–Trinajstić information content (AvgIpc) is 0.722. The minimum absolute atomic E-state index is 0. The molecule has 0 aliphatic heterocycles. The topological polar surface area (TPSA) is 262 Å². The van der Waals surface area contributed by atoms with Crippen LogP contribution in [0.4, 0.5) is 0 Å². The van der Waals surface area contributed by atoms with Gasteiger partial charge in [-0.15, -0.1) is 0 Å². The third-order valence-electron chi connectivity index (χ3n) is 0. The summed E-state index contributed by atoms with van der Waals surface area (Å²) in [5.41, 5.74) is 0. The molecule has 0 rings (SSSR count). The standard InChI is InChI=1S/Na.H2O4S.6H2O/c;1-5(2,3)4;;;;;;/h;(H2,1,2,3,4);6*1H2/q+1;;;;;;;/p-1. The first-order valence-electron chi connectivity index (χ1n) is 0.698. The molecule has 0 aliphatic carbocycles. The van der Waals surface area contributed by atoms with E-state index in [9.17, 15) is 0 Å². The van der Waals surface area contributed by atoms with Crippen LogP contribution in [0.2, 0.25) is 0 Å². The van der Waals surface area contributed by atoms with Gasteiger partial charge in [-0.1, -0.05) is 0 Å². The molecule has 0 aliphatic rings. The molecule has 0 atom stereocenters. The fourth-order valence-electron chi connectivity index (χ4n) is 0. The van der Waals surface area contributed by atoms with Crippen molar-refractivity contribution in [3.8, 4) is 0 Å². The summed E-state index contributed by atoms with van der Waals surface area (Å²) < 4.78 is 31.6. The maximum absolute atomic E-state index is 8.74. The zero-order chi connectivity index (χ0) is 4.50. The SMILES string of the molecule is O.O.O.O.O.O=S(=O)(O)O.[Na+].[OH-]. The third kappa shape index (κ3) is 2480. The second kappa shape index (κ2) is 29.9. The number of rotatable bonds is 0. The number of hydrogen-bond donors (Lipinski definition) is 2. The van der Waals surface area contributed by atoms with Crippen LogP contribution >= 0.6 is 0 Å². The molecular weight excluding hydrogens is 215 g/mol. The van der Waals surface area contributed by atoms with E-state index in [1.807, 2.05) is 0 Å². The molecule has 0 radical (unpaired) electrons. The van der Waals surface area contributed by atoms with Gasteiger partial charge in [-0.3, -0.25) is 9.11 Å². The largest absolute Gasteiger partial charge is 1.00 e. The Bertz CT molecular complexity index is 93.0. The van der Waals surface area contributed by atoms with Crippen LogP contribution in [0.3, 0.4) is 0 Å². The predicted molar refractivity (Wildman–Crippen MR) is 34.2 cm³/mol. The van der Waals surface area contributed by atoms with Crippen LogP contribution < -0.4 is 29.6 Å². The normalized spacial score (nSPS) is 4.83. The molecule has 0 aromatic heterocycles. The monoisotopic (exact) mass is 228 g/mol. The van der Waals surface area contributed by atoms with Crippen LogP contribution in [-0.4, -0.2) is 50.4 Å². The Labute approximate surface area is 90.3 Å². The molecule has 0 amide bonds. The van der Waals surface area contributed by atoms with Gasteiger partial charge in [0.15, 0.2) is 0 Å². The van der Waals surface area contributed by atoms with Gasteiger partial charge in [0.1, 0.15) is 0 Å². The van der Waals surface area contributed by atoms with E-state index in [0.717, 1.165) is 0 Å². The van der Waals surface area contributed by atoms with E-state index < -0.39 is 10.4 Å². The van der Waals surface area contributed by atoms with Crippen molar-refractivity contribution in [3.05, 3.63) is 0 Å². The second-order valence-corrected chi connectivity index (χ2v) is 1.34. The van der Waals surface area contributed by atoms with Crippen molar-refractivity contribution in [2.75, 3.05) is 0 Å². The van der Waals surface area contributed by atoms with E-state index in [0.29, 0.717) is 0 Å². The van der Waals surface area contributed by atoms with Crippen LogP contribution in [0.1, 0.15) is 0 Å². The van der Waals surface area contributed by atoms with Gasteiger partial charge >= 0.3 is 40.0 Å². The summed E-state index contributed by atoms with van der Waals surface area (Å²) in [6, 6.07) is 0. The molecule has 0 unspecified atom stereocenters. The third-order valence-corrected chi connectivity index (χ3v) is 0. The zero-order valence-corrected chi connectivity index (χ0v) is 8.88. The summed E-state index contributed by atoms with van der Waals surface area (Å²) in [7, 11) is -4.67. The fourth-order valence-corrected chi connectivity index (χ4v) is 0. The van der Waals surface area contributed by atoms with Crippen LogP contribution in [-0.2, 0) is 10.4 Å². The summed E-state index contributed by atoms with van der Waals surface area (Å²) in [4.78, 5) is 0. The summed E-state index contributed by atoms with van der Waals surface area (Å²) >= 11 is 0. The molecule has 80 valence electrons. The van der Waals surface area contributed by atoms with Crippen molar-refractivity contribution in [3.63, 3.8) is 0 Å². The summed E-state index contributed by atoms with van der Waals surface area (Å²) in [5.74, 6) is 0. The first-order valence-corrected chi connectivity index (χ1v) is 2.10. The Hall–Kier alpha value is 0.630. The van der Waals surface area contributed by atoms with E-state index in [1.165, 1.54) is 0 Å². The van der Waals surface area contributed by atoms with Gasteiger partial charge in [0, 0.05) is 0 Å². The van der Waals surface area contributed by atoms with E-state index in [-0.39, 0.29) is 62.4 Å². The van der Waals surface area contributed by atoms with E-state index in [1.54, 1.807) is 0 Å². The molecule has 12 heavy (non-hydrogen) atoms. The van der Waals surface area contributed by atoms with Crippen LogP contribution in [0.15, 0.2) is 0 Å². The zero-order valence-electron chi connectivity index (χ0n) is 6.07. The maximum atomic E-state index is 8.74. The molecule has 0 bridgehead atoms. The molecule has 13 N–H and O–H groups in total. The Morgan fingerprint density at radius 2 is 0.750 bits per heavy atom. The average molecular weight is 228 g/mol. The van der Waals surface area contributed by atoms with Crippen LogP contribution in [0.25, 0.3) is 0 Å². The van der Waals surface area contributed by atoms with E-state index in [4.69, 9.17) is 17.5 Å². The van der Waals surface area contributed by atoms with Crippen molar-refractivity contribution in [2.24, 2.45) is 0 Å². The molecule has 0 heterocycles.